The maximum absolute atomic E-state index is 12.8. The van der Waals surface area contributed by atoms with Crippen molar-refractivity contribution < 1.29 is 38.5 Å². The highest BCUT2D eigenvalue weighted by Gasteiger charge is 2.26. The summed E-state index contributed by atoms with van der Waals surface area (Å²) in [6.07, 6.45) is -1.11. The van der Waals surface area contributed by atoms with Crippen LogP contribution in [0, 0.1) is 20.2 Å². The lowest BCUT2D eigenvalue weighted by Gasteiger charge is -2.23. The van der Waals surface area contributed by atoms with E-state index in [4.69, 9.17) is 4.74 Å². The summed E-state index contributed by atoms with van der Waals surface area (Å²) in [5, 5.41) is 21.3. The van der Waals surface area contributed by atoms with Crippen LogP contribution in [-0.4, -0.2) is 82.4 Å². The third-order valence-corrected chi connectivity index (χ3v) is 5.26. The van der Waals surface area contributed by atoms with E-state index in [1.54, 1.807) is 19.0 Å². The first kappa shape index (κ1) is 29.5. The van der Waals surface area contributed by atoms with Crippen LogP contribution in [0.15, 0.2) is 53.5 Å². The third kappa shape index (κ3) is 8.45. The number of hydrogen-bond donors (Lipinski definition) is 0. The molecule has 0 heterocycles. The maximum atomic E-state index is 12.8. The van der Waals surface area contributed by atoms with Crippen molar-refractivity contribution in [1.82, 2.24) is 9.80 Å². The largest absolute Gasteiger partial charge is 0.444 e. The Morgan fingerprint density at radius 2 is 1.26 bits per heavy atom. The number of ether oxygens (including phenoxy) is 2. The second-order valence-electron chi connectivity index (χ2n) is 7.47. The van der Waals surface area contributed by atoms with Crippen LogP contribution in [0.3, 0.4) is 0 Å². The minimum Gasteiger partial charge on any atom is -0.372 e. The molecule has 0 N–H and O–H groups in total. The Kier molecular flexibility index (Phi) is 10.5. The van der Waals surface area contributed by atoms with Gasteiger partial charge in [0.25, 0.3) is 11.4 Å². The average molecular weight is 548 g/mol. The first-order valence-corrected chi connectivity index (χ1v) is 11.7. The van der Waals surface area contributed by atoms with E-state index in [1.165, 1.54) is 6.26 Å². The number of nitro groups is 2. The number of aliphatic imine (C=N–C) groups is 1. The van der Waals surface area contributed by atoms with Gasteiger partial charge in [-0.3, -0.25) is 25.1 Å². The summed E-state index contributed by atoms with van der Waals surface area (Å²) in [7, 11) is 3.41. The molecule has 0 fully saturated rings. The molecule has 0 radical (unpaired) electrons. The zero-order chi connectivity index (χ0) is 28.4. The van der Waals surface area contributed by atoms with E-state index in [2.05, 4.69) is 9.73 Å². The summed E-state index contributed by atoms with van der Waals surface area (Å²) in [5.41, 5.74) is -0.817. The zero-order valence-electron chi connectivity index (χ0n) is 20.3. The Labute approximate surface area is 219 Å². The van der Waals surface area contributed by atoms with Crippen molar-refractivity contribution in [1.29, 1.82) is 0 Å². The van der Waals surface area contributed by atoms with E-state index < -0.39 is 34.0 Å². The van der Waals surface area contributed by atoms with Gasteiger partial charge in [-0.15, -0.1) is 0 Å². The smallest absolute Gasteiger partial charge is 0.372 e. The van der Waals surface area contributed by atoms with E-state index in [1.807, 2.05) is 0 Å². The van der Waals surface area contributed by atoms with E-state index in [0.29, 0.717) is 0 Å². The van der Waals surface area contributed by atoms with Gasteiger partial charge in [0.2, 0.25) is 0 Å². The van der Waals surface area contributed by atoms with E-state index in [0.717, 1.165) is 65.2 Å². The Bertz CT molecular complexity index is 1260. The van der Waals surface area contributed by atoms with Gasteiger partial charge in [0.15, 0.2) is 5.17 Å². The number of thioether (sulfide) groups is 1. The van der Waals surface area contributed by atoms with Crippen LogP contribution in [0.25, 0.3) is 0 Å². The van der Waals surface area contributed by atoms with Crippen molar-refractivity contribution in [2.45, 2.75) is 0 Å². The highest BCUT2D eigenvalue weighted by Crippen LogP contribution is 2.16. The summed E-state index contributed by atoms with van der Waals surface area (Å²) < 4.78 is 9.51. The Balaban J connectivity index is 2.19. The number of nitro benzene ring substituents is 2. The molecule has 0 unspecified atom stereocenters. The highest BCUT2D eigenvalue weighted by molar-refractivity contribution is 8.13. The van der Waals surface area contributed by atoms with Gasteiger partial charge in [-0.2, -0.15) is 4.99 Å². The van der Waals surface area contributed by atoms with Crippen LogP contribution >= 0.6 is 11.8 Å². The standard InChI is InChI=1S/C22H21N5O10S/c1-24(2)12-13-25(22(31)37-19(29)15-6-10-17(11-7-15)27(34)35)20(38-3)23-21(30)36-18(28)14-4-8-16(9-5-14)26(32)33/h4-11H,12-13H2,1-3H3. The van der Waals surface area contributed by atoms with E-state index >= 15 is 0 Å². The third-order valence-electron chi connectivity index (χ3n) is 4.58. The molecular weight excluding hydrogens is 526 g/mol. The Morgan fingerprint density at radius 3 is 1.66 bits per heavy atom. The molecule has 2 amide bonds. The minimum atomic E-state index is -1.39. The van der Waals surface area contributed by atoms with E-state index in [-0.39, 0.29) is 40.8 Å². The molecule has 0 aliphatic carbocycles. The molecule has 0 atom stereocenters. The number of nitrogens with zero attached hydrogens (tertiary/aromatic N) is 5. The zero-order valence-corrected chi connectivity index (χ0v) is 21.1. The quantitative estimate of drug-likeness (QED) is 0.123. The van der Waals surface area contributed by atoms with Gasteiger partial charge >= 0.3 is 24.1 Å². The molecule has 0 bridgehead atoms. The normalized spacial score (nSPS) is 11.0. The number of carbonyl (C=O) groups is 4. The van der Waals surface area contributed by atoms with Crippen molar-refractivity contribution >= 4 is 52.4 Å². The molecule has 0 aliphatic rings. The van der Waals surface area contributed by atoms with Crippen molar-refractivity contribution in [3.8, 4) is 0 Å². The minimum absolute atomic E-state index is 0.0807. The molecule has 2 rings (SSSR count). The average Bonchev–Trinajstić information content (AvgIpc) is 2.87. The number of hydrogen-bond acceptors (Lipinski definition) is 12. The number of rotatable bonds is 7. The topological polar surface area (TPSA) is 192 Å². The maximum Gasteiger partial charge on any atom is 0.444 e. The number of amides is 2. The summed E-state index contributed by atoms with van der Waals surface area (Å²) in [6, 6.07) is 8.66. The predicted octanol–water partition coefficient (Wildman–Crippen LogP) is 3.34. The molecule has 0 aliphatic heterocycles. The molecule has 0 saturated heterocycles. The molecule has 200 valence electrons. The molecule has 15 nitrogen and oxygen atoms in total. The number of esters is 2. The number of benzene rings is 2. The molecule has 38 heavy (non-hydrogen) atoms. The fourth-order valence-electron chi connectivity index (χ4n) is 2.65. The number of non-ortho nitro benzene ring substituents is 2. The van der Waals surface area contributed by atoms with Gasteiger partial charge in [0.1, 0.15) is 0 Å². The number of amidine groups is 1. The van der Waals surface area contributed by atoms with Gasteiger partial charge in [-0.25, -0.2) is 19.2 Å². The molecule has 16 heteroatoms. The lowest BCUT2D eigenvalue weighted by Crippen LogP contribution is -2.41. The van der Waals surface area contributed by atoms with Gasteiger partial charge in [-0.05, 0) is 44.6 Å². The number of likely N-dealkylation sites (N-methyl/N-ethyl adjacent to an activating group) is 1. The second kappa shape index (κ2) is 13.6. The molecular formula is C22H21N5O10S. The molecule has 0 spiro atoms. The summed E-state index contributed by atoms with van der Waals surface area (Å²) >= 11 is 0.826. The van der Waals surface area contributed by atoms with Crippen LogP contribution in [0.1, 0.15) is 20.7 Å². The molecule has 0 saturated carbocycles. The fourth-order valence-corrected chi connectivity index (χ4v) is 3.20. The summed E-state index contributed by atoms with van der Waals surface area (Å²) in [5.74, 6) is -2.24. The Hall–Kier alpha value is -4.70. The van der Waals surface area contributed by atoms with Gasteiger partial charge < -0.3 is 14.4 Å². The van der Waals surface area contributed by atoms with Crippen molar-refractivity contribution in [3.63, 3.8) is 0 Å². The lowest BCUT2D eigenvalue weighted by atomic mass is 10.2. The summed E-state index contributed by atoms with van der Waals surface area (Å²) in [6.45, 7) is 0.180. The highest BCUT2D eigenvalue weighted by atomic mass is 32.2. The molecule has 2 aromatic rings. The van der Waals surface area contributed by atoms with Crippen LogP contribution in [0.2, 0.25) is 0 Å². The van der Waals surface area contributed by atoms with Gasteiger partial charge in [-0.1, -0.05) is 11.8 Å². The fraction of sp³-hybridized carbons (Fsp3) is 0.227. The van der Waals surface area contributed by atoms with Gasteiger partial charge in [0, 0.05) is 37.4 Å². The Morgan fingerprint density at radius 1 is 0.816 bits per heavy atom. The van der Waals surface area contributed by atoms with Crippen LogP contribution in [0.4, 0.5) is 21.0 Å². The number of carbonyl (C=O) groups excluding carboxylic acids is 4. The van der Waals surface area contributed by atoms with Crippen molar-refractivity contribution in [2.24, 2.45) is 4.99 Å². The molecule has 0 aromatic heterocycles. The lowest BCUT2D eigenvalue weighted by molar-refractivity contribution is -0.385. The van der Waals surface area contributed by atoms with Crippen molar-refractivity contribution in [2.75, 3.05) is 33.4 Å². The first-order valence-electron chi connectivity index (χ1n) is 10.5. The molecule has 2 aromatic carbocycles. The van der Waals surface area contributed by atoms with Crippen molar-refractivity contribution in [3.05, 3.63) is 79.9 Å². The van der Waals surface area contributed by atoms with E-state index in [9.17, 15) is 39.4 Å². The van der Waals surface area contributed by atoms with Crippen LogP contribution in [0.5, 0.6) is 0 Å². The first-order chi connectivity index (χ1) is 17.9. The second-order valence-corrected chi connectivity index (χ2v) is 8.25. The van der Waals surface area contributed by atoms with Crippen LogP contribution < -0.4 is 0 Å². The van der Waals surface area contributed by atoms with Crippen LogP contribution in [-0.2, 0) is 9.47 Å². The summed E-state index contributed by atoms with van der Waals surface area (Å²) in [4.78, 5) is 76.1. The monoisotopic (exact) mass is 547 g/mol. The SMILES string of the molecule is CSC(=NC(=O)OC(=O)c1ccc([N+](=O)[O-])cc1)N(CCN(C)C)C(=O)OC(=O)c1ccc([N+](=O)[O-])cc1. The predicted molar refractivity (Wildman–Crippen MR) is 134 cm³/mol. The van der Waals surface area contributed by atoms with Gasteiger partial charge in [0.05, 0.1) is 21.0 Å².